The maximum Gasteiger partial charge on any atom is 0.340 e. The number of phenolic OH excluding ortho intramolecular Hbond substituents is 2. The molecule has 0 radical (unpaired) electrons. The molecule has 0 aromatic heterocycles. The number of anilines is 1. The summed E-state index contributed by atoms with van der Waals surface area (Å²) in [5.41, 5.74) is 12.1. The fourth-order valence-electron chi connectivity index (χ4n) is 13.4. The molecule has 36 heteroatoms. The van der Waals surface area contributed by atoms with Gasteiger partial charge in [0.1, 0.15) is 83.4 Å². The molecule has 110 heavy (non-hydrogen) atoms. The summed E-state index contributed by atoms with van der Waals surface area (Å²) in [5.74, 6) is -15.0. The van der Waals surface area contributed by atoms with E-state index in [0.717, 1.165) is 6.92 Å². The Kier molecular flexibility index (Phi) is 29.1. The summed E-state index contributed by atoms with van der Waals surface area (Å²) in [7, 11) is 0. The van der Waals surface area contributed by atoms with E-state index in [1.807, 2.05) is 0 Å². The van der Waals surface area contributed by atoms with Crippen molar-refractivity contribution in [2.75, 3.05) is 18.4 Å². The normalized spacial score (nSPS) is 19.5. The monoisotopic (exact) mass is 1540 g/mol. The zero-order valence-electron chi connectivity index (χ0n) is 60.9. The molecule has 2 fully saturated rings. The summed E-state index contributed by atoms with van der Waals surface area (Å²) in [6.07, 6.45) is -1.21. The number of rotatable bonds is 29. The number of aliphatic carboxylic acids is 2. The van der Waals surface area contributed by atoms with Crippen LogP contribution in [-0.4, -0.2) is 193 Å². The van der Waals surface area contributed by atoms with Gasteiger partial charge in [0.2, 0.25) is 70.9 Å². The van der Waals surface area contributed by atoms with Crippen LogP contribution in [0.15, 0.2) is 84.9 Å². The third kappa shape index (κ3) is 22.1. The fraction of sp³-hybridized carbons (Fsp3) is 0.459. The van der Waals surface area contributed by atoms with Crippen molar-refractivity contribution in [3.8, 4) is 23.0 Å². The van der Waals surface area contributed by atoms with Crippen LogP contribution < -0.4 is 74.7 Å². The highest BCUT2D eigenvalue weighted by Crippen LogP contribution is 2.57. The first kappa shape index (κ1) is 83.7. The number of carbonyl (C=O) groups excluding carboxylic acids is 13. The highest BCUT2D eigenvalue weighted by molar-refractivity contribution is 7.80. The van der Waals surface area contributed by atoms with Crippen molar-refractivity contribution in [1.29, 1.82) is 0 Å². The van der Waals surface area contributed by atoms with Crippen molar-refractivity contribution in [3.05, 3.63) is 113 Å². The van der Waals surface area contributed by atoms with Crippen LogP contribution in [0, 0.1) is 5.92 Å². The van der Waals surface area contributed by atoms with Crippen LogP contribution >= 0.6 is 12.2 Å². The summed E-state index contributed by atoms with van der Waals surface area (Å²) < 4.78 is 12.2. The molecule has 1 spiro atoms. The molecule has 4 aromatic rings. The SMILES string of the molecule is CC(=O)N[C@H](C(=O)N1CCC[C@H]1C(=O)N[C@H]1CCCCCC[C@@H](C(=O)N[C@@H](CC(=O)O)C(=O)N[C@@H](C)C(=O)N[C@@H](CC(=O)O)C(=O)N[C@@H](CCCCNC(=S)Nc2ccc3c(c2)C(=O)OC32c3ccc(O)cc3Oc3cc(O)ccc32)C(N)=O)NC(=O)[C@H](Cc2ccccc2)NC(=O)[C@H](CCC(N)=O)NC1=O)C(C)C. The Balaban J connectivity index is 0.881. The molecule has 0 saturated carbocycles. The number of carbonyl (C=O) groups is 15. The van der Waals surface area contributed by atoms with Crippen LogP contribution in [0.2, 0.25) is 0 Å². The number of phenols is 2. The molecular formula is C74H92N14O21S. The summed E-state index contributed by atoms with van der Waals surface area (Å²) in [4.78, 5) is 204. The van der Waals surface area contributed by atoms with Gasteiger partial charge in [0.05, 0.1) is 18.4 Å². The molecule has 12 amide bonds. The van der Waals surface area contributed by atoms with E-state index in [0.29, 0.717) is 53.6 Å². The first-order valence-electron chi connectivity index (χ1n) is 36.1. The summed E-state index contributed by atoms with van der Waals surface area (Å²) in [5, 5.41) is 68.9. The fourth-order valence-corrected chi connectivity index (χ4v) is 13.6. The third-order valence-electron chi connectivity index (χ3n) is 19.0. The number of hydrogen-bond donors (Lipinski definition) is 17. The number of aromatic hydroxyl groups is 2. The van der Waals surface area contributed by atoms with Crippen molar-refractivity contribution >= 4 is 112 Å². The lowest BCUT2D eigenvalue weighted by Crippen LogP contribution is -2.61. The Hall–Kier alpha value is -12.0. The number of carboxylic acid groups (broad SMARTS) is 2. The second kappa shape index (κ2) is 38.2. The zero-order chi connectivity index (χ0) is 80.3. The van der Waals surface area contributed by atoms with Gasteiger partial charge in [-0.2, -0.15) is 0 Å². The van der Waals surface area contributed by atoms with Gasteiger partial charge in [-0.05, 0) is 118 Å². The van der Waals surface area contributed by atoms with Gasteiger partial charge in [-0.1, -0.05) is 75.9 Å². The molecular weight excluding hydrogens is 1450 g/mol. The van der Waals surface area contributed by atoms with Crippen molar-refractivity contribution in [3.63, 3.8) is 0 Å². The van der Waals surface area contributed by atoms with Gasteiger partial charge in [0, 0.05) is 67.4 Å². The molecule has 8 rings (SSSR count). The highest BCUT2D eigenvalue weighted by atomic mass is 32.1. The molecule has 4 aliphatic heterocycles. The van der Waals surface area contributed by atoms with Crippen LogP contribution in [-0.2, 0) is 83.9 Å². The molecule has 0 aliphatic carbocycles. The number of benzene rings is 4. The minimum Gasteiger partial charge on any atom is -0.508 e. The van der Waals surface area contributed by atoms with Crippen LogP contribution in [0.5, 0.6) is 23.0 Å². The van der Waals surface area contributed by atoms with Crippen molar-refractivity contribution in [1.82, 2.24) is 58.1 Å². The van der Waals surface area contributed by atoms with Gasteiger partial charge in [0.25, 0.3) is 0 Å². The summed E-state index contributed by atoms with van der Waals surface area (Å²) in [6, 6.07) is 6.99. The van der Waals surface area contributed by atoms with Gasteiger partial charge in [-0.3, -0.25) is 67.1 Å². The maximum absolute atomic E-state index is 14.6. The second-order valence-electron chi connectivity index (χ2n) is 27.7. The van der Waals surface area contributed by atoms with E-state index in [4.69, 9.17) is 33.2 Å². The molecule has 19 N–H and O–H groups in total. The standard InChI is InChI=1S/C74H92N14O21S/c1-37(2)61(79-39(4)89)71(106)88-30-14-20-55(88)70(105)84-50-19-11-6-5-10-18-49(82-68(103)52(31-40-15-8-7-9-16-40)86-66(101)51(83-64(50)99)27-28-58(75)92)65(100)87-53(35-59(93)94)67(102)78-38(3)63(98)85-54(36-60(95)96)69(104)81-48(62(76)97)17-12-13-29-77-73(110)80-41-21-24-45-44(32-41)72(107)109-74(45)46-25-22-42(90)33-56(46)108-57-34-43(91)23-26-47(57)74/h7-9,15-16,21-26,32-34,37-38,48-55,61,90-91H,5-6,10-14,17-20,27-31,35-36H2,1-4H3,(H2,75,92)(H2,76,97)(H,78,102)(H,79,89)(H,81,104)(H,82,103)(H,83,99)(H,84,105)(H,85,98)(H,86,101)(H,87,100)(H,93,94)(H,95,96)(H2,77,80,110)/t38-,48-,49-,50-,51-,52-,53-,54-,55-,61-/m0/s1. The van der Waals surface area contributed by atoms with Gasteiger partial charge in [-0.15, -0.1) is 0 Å². The van der Waals surface area contributed by atoms with Crippen LogP contribution in [0.3, 0.4) is 0 Å². The third-order valence-corrected chi connectivity index (χ3v) is 19.3. The van der Waals surface area contributed by atoms with Crippen LogP contribution in [0.1, 0.15) is 157 Å². The van der Waals surface area contributed by atoms with E-state index >= 15 is 0 Å². The number of nitrogens with zero attached hydrogens (tertiary/aromatic N) is 1. The van der Waals surface area contributed by atoms with Crippen LogP contribution in [0.4, 0.5) is 5.69 Å². The van der Waals surface area contributed by atoms with Gasteiger partial charge < -0.3 is 105 Å². The Bertz CT molecular complexity index is 4150. The molecule has 0 unspecified atom stereocenters. The van der Waals surface area contributed by atoms with Crippen LogP contribution in [0.25, 0.3) is 0 Å². The number of primary amides is 2. The minimum absolute atomic E-state index is 0.0234. The lowest BCUT2D eigenvalue weighted by molar-refractivity contribution is -0.143. The number of nitrogens with one attached hydrogen (secondary N) is 11. The Labute approximate surface area is 637 Å². The predicted octanol–water partition coefficient (Wildman–Crippen LogP) is 0.470. The number of carboxylic acids is 2. The average Bonchev–Trinajstić information content (AvgIpc) is 1.49. The number of thiocarbonyl (C=S) groups is 1. The Morgan fingerprint density at radius 3 is 1.86 bits per heavy atom. The van der Waals surface area contributed by atoms with E-state index in [1.165, 1.54) is 36.1 Å². The molecule has 4 aliphatic rings. The second-order valence-corrected chi connectivity index (χ2v) is 28.1. The number of nitrogens with two attached hydrogens (primary N) is 2. The highest BCUT2D eigenvalue weighted by Gasteiger charge is 2.54. The molecule has 4 aromatic carbocycles. The number of likely N-dealkylation sites (tertiary alicyclic amines) is 1. The number of esters is 1. The number of unbranched alkanes of at least 4 members (excludes halogenated alkanes) is 1. The largest absolute Gasteiger partial charge is 0.508 e. The van der Waals surface area contributed by atoms with E-state index in [1.54, 1.807) is 74.5 Å². The average molecular weight is 1550 g/mol. The van der Waals surface area contributed by atoms with E-state index in [9.17, 15) is 92.3 Å². The molecule has 2 saturated heterocycles. The summed E-state index contributed by atoms with van der Waals surface area (Å²) in [6.45, 7) is 6.23. The van der Waals surface area contributed by atoms with E-state index < -0.39 is 174 Å². The van der Waals surface area contributed by atoms with Gasteiger partial charge >= 0.3 is 17.9 Å². The topological polar surface area (TPSA) is 543 Å². The Morgan fingerprint density at radius 2 is 1.25 bits per heavy atom. The van der Waals surface area contributed by atoms with Gasteiger partial charge in [-0.25, -0.2) is 4.79 Å². The van der Waals surface area contributed by atoms with E-state index in [-0.39, 0.29) is 110 Å². The summed E-state index contributed by atoms with van der Waals surface area (Å²) >= 11 is 5.52. The number of hydrogen-bond acceptors (Lipinski definition) is 20. The van der Waals surface area contributed by atoms with Crippen molar-refractivity contribution in [2.45, 2.75) is 196 Å². The van der Waals surface area contributed by atoms with Crippen molar-refractivity contribution in [2.24, 2.45) is 17.4 Å². The first-order chi connectivity index (χ1) is 52.2. The molecule has 590 valence electrons. The minimum atomic E-state index is -1.97. The van der Waals surface area contributed by atoms with Gasteiger partial charge in [0.15, 0.2) is 10.7 Å². The smallest absolute Gasteiger partial charge is 0.340 e. The Morgan fingerprint density at radius 1 is 0.645 bits per heavy atom. The lowest BCUT2D eigenvalue weighted by atomic mass is 9.77. The number of ether oxygens (including phenoxy) is 2. The molecule has 4 heterocycles. The molecule has 0 bridgehead atoms. The molecule has 10 atom stereocenters. The molecule has 35 nitrogen and oxygen atoms in total. The number of amides is 12. The van der Waals surface area contributed by atoms with Crippen molar-refractivity contribution < 1.29 is 102 Å². The maximum atomic E-state index is 14.6. The van der Waals surface area contributed by atoms with E-state index in [2.05, 4.69) is 58.5 Å². The first-order valence-corrected chi connectivity index (χ1v) is 36.5. The quantitative estimate of drug-likeness (QED) is 0.0200. The zero-order valence-corrected chi connectivity index (χ0v) is 61.7. The lowest BCUT2D eigenvalue weighted by Gasteiger charge is -2.36. The number of fused-ring (bicyclic) bond motifs is 6. The predicted molar refractivity (Wildman–Crippen MR) is 394 cm³/mol.